The van der Waals surface area contributed by atoms with Gasteiger partial charge in [-0.2, -0.15) is 5.10 Å². The topological polar surface area (TPSA) is 66.7 Å². The molecule has 1 aromatic rings. The van der Waals surface area contributed by atoms with Gasteiger partial charge in [0.15, 0.2) is 5.96 Å². The van der Waals surface area contributed by atoms with Crippen LogP contribution < -0.4 is 15.5 Å². The molecule has 29 heavy (non-hydrogen) atoms. The lowest BCUT2D eigenvalue weighted by atomic mass is 9.46. The van der Waals surface area contributed by atoms with Crippen molar-refractivity contribution >= 4 is 35.6 Å². The van der Waals surface area contributed by atoms with Gasteiger partial charge >= 0.3 is 0 Å². The molecule has 0 aromatic carbocycles. The van der Waals surface area contributed by atoms with Crippen LogP contribution in [0.5, 0.6) is 0 Å². The van der Waals surface area contributed by atoms with Gasteiger partial charge in [0.05, 0.1) is 18.0 Å². The number of anilines is 1. The van der Waals surface area contributed by atoms with Crippen LogP contribution in [0.3, 0.4) is 0 Å². The Kier molecular flexibility index (Phi) is 6.30. The Hall–Kier alpha value is -1.03. The number of halogens is 1. The lowest BCUT2D eigenvalue weighted by Crippen LogP contribution is -2.73. The van der Waals surface area contributed by atoms with E-state index in [-0.39, 0.29) is 24.0 Å². The van der Waals surface area contributed by atoms with Crippen LogP contribution in [-0.2, 0) is 11.8 Å². The van der Waals surface area contributed by atoms with Crippen LogP contribution in [0.4, 0.5) is 5.69 Å². The minimum absolute atomic E-state index is 0. The van der Waals surface area contributed by atoms with Crippen molar-refractivity contribution in [3.8, 4) is 0 Å². The van der Waals surface area contributed by atoms with E-state index in [1.54, 1.807) is 0 Å². The minimum atomic E-state index is 0. The van der Waals surface area contributed by atoms with Crippen LogP contribution in [0.25, 0.3) is 0 Å². The lowest BCUT2D eigenvalue weighted by Gasteiger charge is -2.63. The van der Waals surface area contributed by atoms with Gasteiger partial charge in [0.25, 0.3) is 0 Å². The Labute approximate surface area is 191 Å². The third-order valence-electron chi connectivity index (χ3n) is 7.46. The number of fused-ring (bicyclic) bond motifs is 2. The van der Waals surface area contributed by atoms with Gasteiger partial charge in [-0.25, -0.2) is 0 Å². The van der Waals surface area contributed by atoms with E-state index in [1.165, 1.54) is 44.2 Å². The van der Waals surface area contributed by atoms with Crippen molar-refractivity contribution in [3.63, 3.8) is 0 Å². The predicted octanol–water partition coefficient (Wildman–Crippen LogP) is 2.52. The summed E-state index contributed by atoms with van der Waals surface area (Å²) in [6.45, 7) is 5.96. The maximum absolute atomic E-state index is 6.08. The fourth-order valence-corrected chi connectivity index (χ4v) is 5.99. The fraction of sp³-hybridized carbons (Fsp3) is 0.810. The van der Waals surface area contributed by atoms with E-state index in [0.717, 1.165) is 32.2 Å². The van der Waals surface area contributed by atoms with Gasteiger partial charge in [-0.15, -0.1) is 24.0 Å². The molecule has 3 heterocycles. The van der Waals surface area contributed by atoms with Gasteiger partial charge in [0.2, 0.25) is 0 Å². The molecule has 0 radical (unpaired) electrons. The molecule has 4 unspecified atom stereocenters. The highest BCUT2D eigenvalue weighted by molar-refractivity contribution is 14.0. The minimum Gasteiger partial charge on any atom is -0.377 e. The van der Waals surface area contributed by atoms with Crippen LogP contribution in [0, 0.1) is 11.3 Å². The molecule has 5 rings (SSSR count). The zero-order chi connectivity index (χ0) is 19.1. The maximum Gasteiger partial charge on any atom is 0.191 e. The van der Waals surface area contributed by atoms with Crippen LogP contribution in [-0.4, -0.2) is 60.2 Å². The van der Waals surface area contributed by atoms with Crippen LogP contribution >= 0.6 is 24.0 Å². The van der Waals surface area contributed by atoms with E-state index in [4.69, 9.17) is 9.73 Å². The van der Waals surface area contributed by atoms with Gasteiger partial charge in [0.1, 0.15) is 0 Å². The molecule has 4 fully saturated rings. The molecule has 0 bridgehead atoms. The van der Waals surface area contributed by atoms with Gasteiger partial charge in [-0.3, -0.25) is 9.67 Å². The zero-order valence-electron chi connectivity index (χ0n) is 17.6. The summed E-state index contributed by atoms with van der Waals surface area (Å²) in [6, 6.07) is 0.948. The third-order valence-corrected chi connectivity index (χ3v) is 7.46. The number of rotatable bonds is 4. The summed E-state index contributed by atoms with van der Waals surface area (Å²) in [7, 11) is 1.98. The zero-order valence-corrected chi connectivity index (χ0v) is 20.0. The van der Waals surface area contributed by atoms with Crippen molar-refractivity contribution in [2.24, 2.45) is 23.4 Å². The highest BCUT2D eigenvalue weighted by Crippen LogP contribution is 2.62. The molecule has 4 aliphatic rings. The Bertz CT molecular complexity index is 733. The second-order valence-electron chi connectivity index (χ2n) is 9.08. The second kappa shape index (κ2) is 8.61. The number of aliphatic imine (C=N–C) groups is 1. The Morgan fingerprint density at radius 3 is 2.86 bits per heavy atom. The molecule has 162 valence electrons. The fourth-order valence-electron chi connectivity index (χ4n) is 5.99. The number of aromatic nitrogens is 2. The smallest absolute Gasteiger partial charge is 0.191 e. The van der Waals surface area contributed by atoms with E-state index < -0.39 is 0 Å². The normalized spacial score (nSPS) is 32.8. The average Bonchev–Trinajstić information content (AvgIpc) is 3.26. The Balaban J connectivity index is 0.00000205. The van der Waals surface area contributed by atoms with E-state index in [9.17, 15) is 0 Å². The second-order valence-corrected chi connectivity index (χ2v) is 9.08. The van der Waals surface area contributed by atoms with Crippen molar-refractivity contribution in [2.75, 3.05) is 31.1 Å². The van der Waals surface area contributed by atoms with Gasteiger partial charge in [-0.1, -0.05) is 6.42 Å². The van der Waals surface area contributed by atoms with Crippen LogP contribution in [0.2, 0.25) is 0 Å². The molecule has 7 nitrogen and oxygen atoms in total. The molecule has 2 saturated carbocycles. The van der Waals surface area contributed by atoms with Crippen LogP contribution in [0.15, 0.2) is 17.4 Å². The number of nitrogens with one attached hydrogen (secondary N) is 2. The number of aryl methyl sites for hydroxylation is 1. The molecule has 2 saturated heterocycles. The number of ether oxygens (including phenoxy) is 1. The number of nitrogens with zero attached hydrogens (tertiary/aromatic N) is 4. The quantitative estimate of drug-likeness (QED) is 0.368. The Morgan fingerprint density at radius 1 is 1.31 bits per heavy atom. The summed E-state index contributed by atoms with van der Waals surface area (Å²) in [6.07, 6.45) is 12.1. The molecule has 1 aromatic heterocycles. The van der Waals surface area contributed by atoms with Crippen LogP contribution in [0.1, 0.15) is 45.4 Å². The summed E-state index contributed by atoms with van der Waals surface area (Å²) < 4.78 is 7.96. The number of guanidine groups is 1. The monoisotopic (exact) mass is 514 g/mol. The highest BCUT2D eigenvalue weighted by Gasteiger charge is 2.66. The maximum atomic E-state index is 6.08. The predicted molar refractivity (Wildman–Crippen MR) is 126 cm³/mol. The summed E-state index contributed by atoms with van der Waals surface area (Å²) >= 11 is 0. The van der Waals surface area contributed by atoms with Gasteiger partial charge in [0, 0.05) is 62.9 Å². The summed E-state index contributed by atoms with van der Waals surface area (Å²) in [4.78, 5) is 7.24. The first-order valence-electron chi connectivity index (χ1n) is 11.1. The SMILES string of the molecule is CCN=C(NC1CCCN(c2cnn(C)c2)C1)NC1C2CCOC2C12CCC2.I. The molecule has 4 atom stereocenters. The average molecular weight is 514 g/mol. The number of hydrogen-bond acceptors (Lipinski definition) is 4. The van der Waals surface area contributed by atoms with Crippen molar-refractivity contribution in [2.45, 2.75) is 63.6 Å². The standard InChI is InChI=1S/C21H34N6O.HI/c1-3-22-20(25-18-17-7-11-28-19(17)21(18)8-5-9-21)24-15-6-4-10-27(13-15)16-12-23-26(2)14-16;/h12,14-15,17-19H,3-11,13H2,1-2H3,(H2,22,24,25);1H. The van der Waals surface area contributed by atoms with E-state index in [1.807, 2.05) is 17.9 Å². The van der Waals surface area contributed by atoms with Gasteiger partial charge in [-0.05, 0) is 39.0 Å². The molecular formula is C21H35IN6O. The molecule has 2 aliphatic carbocycles. The summed E-state index contributed by atoms with van der Waals surface area (Å²) in [5.41, 5.74) is 1.60. The molecule has 1 spiro atoms. The first-order valence-corrected chi connectivity index (χ1v) is 11.1. The summed E-state index contributed by atoms with van der Waals surface area (Å²) in [5.74, 6) is 1.67. The van der Waals surface area contributed by atoms with Crippen molar-refractivity contribution in [3.05, 3.63) is 12.4 Å². The Morgan fingerprint density at radius 2 is 2.17 bits per heavy atom. The molecule has 0 amide bonds. The van der Waals surface area contributed by atoms with Crippen molar-refractivity contribution in [1.82, 2.24) is 20.4 Å². The highest BCUT2D eigenvalue weighted by atomic mass is 127. The molecular weight excluding hydrogens is 479 g/mol. The lowest BCUT2D eigenvalue weighted by molar-refractivity contribution is -0.171. The van der Waals surface area contributed by atoms with Crippen molar-refractivity contribution in [1.29, 1.82) is 0 Å². The first kappa shape index (κ1) is 21.2. The molecule has 8 heteroatoms. The van der Waals surface area contributed by atoms with Crippen molar-refractivity contribution < 1.29 is 4.74 Å². The largest absolute Gasteiger partial charge is 0.377 e. The molecule has 2 N–H and O–H groups in total. The van der Waals surface area contributed by atoms with E-state index in [2.05, 4.69) is 33.8 Å². The van der Waals surface area contributed by atoms with Gasteiger partial charge < -0.3 is 20.3 Å². The first-order chi connectivity index (χ1) is 13.7. The third kappa shape index (κ3) is 3.75. The summed E-state index contributed by atoms with van der Waals surface area (Å²) in [5, 5.41) is 11.9. The number of hydrogen-bond donors (Lipinski definition) is 2. The van der Waals surface area contributed by atoms with E-state index in [0.29, 0.717) is 29.5 Å². The molecule has 2 aliphatic heterocycles. The number of piperidine rings is 1. The van der Waals surface area contributed by atoms with E-state index >= 15 is 0 Å².